The zero-order chi connectivity index (χ0) is 10.6. The summed E-state index contributed by atoms with van der Waals surface area (Å²) in [5.41, 5.74) is 0. The average Bonchev–Trinajstić information content (AvgIpc) is 2.19. The first-order valence-corrected chi connectivity index (χ1v) is 4.85. The zero-order valence-electron chi connectivity index (χ0n) is 8.25. The molecule has 3 N–H and O–H groups in total. The van der Waals surface area contributed by atoms with Gasteiger partial charge in [-0.25, -0.2) is 0 Å². The third kappa shape index (κ3) is 2.99. The second-order valence-electron chi connectivity index (χ2n) is 3.61. The van der Waals surface area contributed by atoms with E-state index >= 15 is 0 Å². The van der Waals surface area contributed by atoms with Crippen LogP contribution in [0.1, 0.15) is 19.8 Å². The van der Waals surface area contributed by atoms with Gasteiger partial charge in [0.1, 0.15) is 6.04 Å². The number of carboxylic acids is 1. The number of amides is 1. The lowest BCUT2D eigenvalue weighted by Gasteiger charge is -2.22. The Morgan fingerprint density at radius 2 is 2.29 bits per heavy atom. The van der Waals surface area contributed by atoms with Gasteiger partial charge in [-0.1, -0.05) is 0 Å². The highest BCUT2D eigenvalue weighted by Gasteiger charge is 2.23. The predicted octanol–water partition coefficient (Wildman–Crippen LogP) is -0.425. The van der Waals surface area contributed by atoms with E-state index in [1.54, 1.807) is 0 Å². The monoisotopic (exact) mass is 200 g/mol. The third-order valence-electron chi connectivity index (χ3n) is 2.40. The Morgan fingerprint density at radius 3 is 2.79 bits per heavy atom. The molecule has 1 heterocycles. The highest BCUT2D eigenvalue weighted by Crippen LogP contribution is 2.09. The summed E-state index contributed by atoms with van der Waals surface area (Å²) in [6.07, 6.45) is 1.81. The van der Waals surface area contributed by atoms with Crippen molar-refractivity contribution in [1.82, 2.24) is 10.6 Å². The fraction of sp³-hybridized carbons (Fsp3) is 0.778. The highest BCUT2D eigenvalue weighted by molar-refractivity contribution is 5.84. The van der Waals surface area contributed by atoms with Crippen LogP contribution in [0.2, 0.25) is 0 Å². The first kappa shape index (κ1) is 11.0. The Balaban J connectivity index is 2.36. The van der Waals surface area contributed by atoms with Gasteiger partial charge in [0.25, 0.3) is 0 Å². The minimum absolute atomic E-state index is 0.0782. The van der Waals surface area contributed by atoms with Gasteiger partial charge in [-0.15, -0.1) is 0 Å². The lowest BCUT2D eigenvalue weighted by atomic mass is 9.98. The van der Waals surface area contributed by atoms with E-state index in [0.29, 0.717) is 6.54 Å². The average molecular weight is 200 g/mol. The van der Waals surface area contributed by atoms with E-state index in [1.807, 2.05) is 0 Å². The second kappa shape index (κ2) is 4.95. The first-order valence-electron chi connectivity index (χ1n) is 4.85. The van der Waals surface area contributed by atoms with Gasteiger partial charge in [0.2, 0.25) is 5.91 Å². The summed E-state index contributed by atoms with van der Waals surface area (Å²) in [5.74, 6) is -1.24. The van der Waals surface area contributed by atoms with E-state index in [0.717, 1.165) is 19.4 Å². The van der Waals surface area contributed by atoms with Gasteiger partial charge >= 0.3 is 5.97 Å². The molecular formula is C9H16N2O3. The molecule has 1 aliphatic rings. The van der Waals surface area contributed by atoms with Crippen molar-refractivity contribution in [2.45, 2.75) is 25.8 Å². The molecule has 5 nitrogen and oxygen atoms in total. The molecule has 1 fully saturated rings. The Hall–Kier alpha value is -1.10. The minimum atomic E-state index is -0.998. The van der Waals surface area contributed by atoms with Crippen molar-refractivity contribution in [3.05, 3.63) is 0 Å². The van der Waals surface area contributed by atoms with Gasteiger partial charge in [-0.3, -0.25) is 9.59 Å². The van der Waals surface area contributed by atoms with Gasteiger partial charge in [0.05, 0.1) is 5.92 Å². The first-order chi connectivity index (χ1) is 6.61. The number of hydrogen-bond acceptors (Lipinski definition) is 3. The van der Waals surface area contributed by atoms with Crippen molar-refractivity contribution in [3.8, 4) is 0 Å². The second-order valence-corrected chi connectivity index (χ2v) is 3.61. The maximum absolute atomic E-state index is 11.5. The number of hydrogen-bond donors (Lipinski definition) is 3. The Labute approximate surface area is 82.9 Å². The van der Waals surface area contributed by atoms with Crippen LogP contribution in [0.3, 0.4) is 0 Å². The molecule has 14 heavy (non-hydrogen) atoms. The maximum atomic E-state index is 11.5. The van der Waals surface area contributed by atoms with Gasteiger partial charge in [-0.05, 0) is 26.3 Å². The summed E-state index contributed by atoms with van der Waals surface area (Å²) >= 11 is 0. The van der Waals surface area contributed by atoms with Crippen LogP contribution in [0.25, 0.3) is 0 Å². The molecule has 0 aromatic heterocycles. The molecule has 0 unspecified atom stereocenters. The van der Waals surface area contributed by atoms with E-state index < -0.39 is 12.0 Å². The fourth-order valence-corrected chi connectivity index (χ4v) is 1.47. The van der Waals surface area contributed by atoms with Crippen molar-refractivity contribution in [3.63, 3.8) is 0 Å². The number of carbonyl (C=O) groups excluding carboxylic acids is 1. The highest BCUT2D eigenvalue weighted by atomic mass is 16.4. The van der Waals surface area contributed by atoms with Crippen LogP contribution in [-0.2, 0) is 9.59 Å². The maximum Gasteiger partial charge on any atom is 0.325 e. The lowest BCUT2D eigenvalue weighted by Crippen LogP contribution is -2.46. The zero-order valence-corrected chi connectivity index (χ0v) is 8.25. The molecule has 0 bridgehead atoms. The molecule has 0 spiro atoms. The van der Waals surface area contributed by atoms with E-state index in [4.69, 9.17) is 5.11 Å². The van der Waals surface area contributed by atoms with E-state index in [2.05, 4.69) is 10.6 Å². The topological polar surface area (TPSA) is 78.4 Å². The van der Waals surface area contributed by atoms with Crippen LogP contribution in [-0.4, -0.2) is 36.1 Å². The molecule has 1 rings (SSSR count). The standard InChI is InChI=1S/C9H16N2O3/c1-6(9(13)14)11-8(12)7-3-2-4-10-5-7/h6-7,10H,2-5H2,1H3,(H,11,12)(H,13,14)/t6-,7-/m0/s1. The molecular weight excluding hydrogens is 184 g/mol. The molecule has 80 valence electrons. The van der Waals surface area contributed by atoms with Crippen molar-refractivity contribution in [2.75, 3.05) is 13.1 Å². The number of aliphatic carboxylic acids is 1. The number of nitrogens with one attached hydrogen (secondary N) is 2. The van der Waals surface area contributed by atoms with Crippen molar-refractivity contribution in [2.24, 2.45) is 5.92 Å². The van der Waals surface area contributed by atoms with Crippen LogP contribution < -0.4 is 10.6 Å². The fourth-order valence-electron chi connectivity index (χ4n) is 1.47. The van der Waals surface area contributed by atoms with Crippen LogP contribution in [0.15, 0.2) is 0 Å². The molecule has 2 atom stereocenters. The van der Waals surface area contributed by atoms with Crippen molar-refractivity contribution in [1.29, 1.82) is 0 Å². The molecule has 1 aliphatic heterocycles. The summed E-state index contributed by atoms with van der Waals surface area (Å²) in [4.78, 5) is 22.0. The summed E-state index contributed by atoms with van der Waals surface area (Å²) in [6.45, 7) is 3.06. The molecule has 0 saturated carbocycles. The Bertz CT molecular complexity index is 224. The normalized spacial score (nSPS) is 23.9. The molecule has 0 radical (unpaired) electrons. The number of carboxylic acid groups (broad SMARTS) is 1. The number of piperidine rings is 1. The molecule has 1 saturated heterocycles. The Morgan fingerprint density at radius 1 is 1.57 bits per heavy atom. The van der Waals surface area contributed by atoms with Crippen molar-refractivity contribution >= 4 is 11.9 Å². The smallest absolute Gasteiger partial charge is 0.325 e. The largest absolute Gasteiger partial charge is 0.480 e. The number of carbonyl (C=O) groups is 2. The van der Waals surface area contributed by atoms with E-state index in [1.165, 1.54) is 6.92 Å². The molecule has 0 aromatic rings. The van der Waals surface area contributed by atoms with Gasteiger partial charge in [-0.2, -0.15) is 0 Å². The van der Waals surface area contributed by atoms with E-state index in [9.17, 15) is 9.59 Å². The quantitative estimate of drug-likeness (QED) is 0.578. The molecule has 0 aliphatic carbocycles. The van der Waals surface area contributed by atoms with Crippen LogP contribution in [0.5, 0.6) is 0 Å². The summed E-state index contributed by atoms with van der Waals surface area (Å²) < 4.78 is 0. The van der Waals surface area contributed by atoms with E-state index in [-0.39, 0.29) is 11.8 Å². The summed E-state index contributed by atoms with van der Waals surface area (Å²) in [5, 5.41) is 14.2. The summed E-state index contributed by atoms with van der Waals surface area (Å²) in [6, 6.07) is -0.801. The van der Waals surface area contributed by atoms with Crippen LogP contribution >= 0.6 is 0 Å². The van der Waals surface area contributed by atoms with Gasteiger partial charge < -0.3 is 15.7 Å². The molecule has 0 aromatic carbocycles. The summed E-state index contributed by atoms with van der Waals surface area (Å²) in [7, 11) is 0. The van der Waals surface area contributed by atoms with Crippen LogP contribution in [0, 0.1) is 5.92 Å². The predicted molar refractivity (Wildman–Crippen MR) is 50.8 cm³/mol. The van der Waals surface area contributed by atoms with Crippen molar-refractivity contribution < 1.29 is 14.7 Å². The SMILES string of the molecule is C[C@H](NC(=O)[C@H]1CCCNC1)C(=O)O. The number of rotatable bonds is 3. The van der Waals surface area contributed by atoms with Crippen LogP contribution in [0.4, 0.5) is 0 Å². The molecule has 5 heteroatoms. The minimum Gasteiger partial charge on any atom is -0.480 e. The van der Waals surface area contributed by atoms with Gasteiger partial charge in [0, 0.05) is 6.54 Å². The Kier molecular flexibility index (Phi) is 3.88. The third-order valence-corrected chi connectivity index (χ3v) is 2.40. The van der Waals surface area contributed by atoms with Gasteiger partial charge in [0.15, 0.2) is 0 Å². The molecule has 1 amide bonds. The lowest BCUT2D eigenvalue weighted by molar-refractivity contribution is -0.142.